The van der Waals surface area contributed by atoms with E-state index in [0.29, 0.717) is 16.3 Å². The predicted octanol–water partition coefficient (Wildman–Crippen LogP) is 5.15. The standard InChI is InChI=1S/C24H18ClN3O2S/c25-22-9-11-24(12-10-22)31(29,30)28(16-19-7-5-18(14-26)6-8-19)17-23-13-20-3-1-2-4-21(20)15-27-23/h1-13,15H,16-17H2. The molecule has 0 spiro atoms. The van der Waals surface area contributed by atoms with Crippen LogP contribution in [0.3, 0.4) is 0 Å². The molecule has 7 heteroatoms. The fraction of sp³-hybridized carbons (Fsp3) is 0.0833. The summed E-state index contributed by atoms with van der Waals surface area (Å²) in [5, 5.41) is 11.5. The number of benzene rings is 3. The molecule has 0 aliphatic heterocycles. The van der Waals surface area contributed by atoms with E-state index in [2.05, 4.69) is 11.1 Å². The second kappa shape index (κ2) is 8.86. The SMILES string of the molecule is N#Cc1ccc(CN(Cc2cc3ccccc3cn2)S(=O)(=O)c2ccc(Cl)cc2)cc1. The van der Waals surface area contributed by atoms with E-state index < -0.39 is 10.0 Å². The van der Waals surface area contributed by atoms with Crippen LogP contribution in [0.4, 0.5) is 0 Å². The minimum atomic E-state index is -3.81. The van der Waals surface area contributed by atoms with Crippen molar-refractivity contribution in [3.8, 4) is 6.07 Å². The third-order valence-corrected chi connectivity index (χ3v) is 6.98. The van der Waals surface area contributed by atoms with Crippen molar-refractivity contribution in [1.82, 2.24) is 9.29 Å². The first kappa shape index (κ1) is 21.0. The lowest BCUT2D eigenvalue weighted by Gasteiger charge is -2.22. The van der Waals surface area contributed by atoms with Crippen LogP contribution in [0.5, 0.6) is 0 Å². The second-order valence-electron chi connectivity index (χ2n) is 7.06. The van der Waals surface area contributed by atoms with Gasteiger partial charge in [0.05, 0.1) is 28.8 Å². The number of pyridine rings is 1. The van der Waals surface area contributed by atoms with Gasteiger partial charge >= 0.3 is 0 Å². The van der Waals surface area contributed by atoms with Gasteiger partial charge in [0.15, 0.2) is 0 Å². The van der Waals surface area contributed by atoms with E-state index in [1.165, 1.54) is 16.4 Å². The summed E-state index contributed by atoms with van der Waals surface area (Å²) < 4.78 is 28.3. The third kappa shape index (κ3) is 4.75. The van der Waals surface area contributed by atoms with E-state index in [4.69, 9.17) is 16.9 Å². The Morgan fingerprint density at radius 3 is 2.26 bits per heavy atom. The summed E-state index contributed by atoms with van der Waals surface area (Å²) in [4.78, 5) is 4.63. The number of hydrogen-bond acceptors (Lipinski definition) is 4. The highest BCUT2D eigenvalue weighted by Gasteiger charge is 2.25. The number of rotatable bonds is 6. The molecule has 4 rings (SSSR count). The zero-order valence-corrected chi connectivity index (χ0v) is 18.0. The van der Waals surface area contributed by atoms with Crippen LogP contribution >= 0.6 is 11.6 Å². The molecule has 0 saturated carbocycles. The molecule has 0 bridgehead atoms. The lowest BCUT2D eigenvalue weighted by molar-refractivity contribution is 0.397. The quantitative estimate of drug-likeness (QED) is 0.409. The van der Waals surface area contributed by atoms with Crippen molar-refractivity contribution in [3.05, 3.63) is 107 Å². The maximum atomic E-state index is 13.4. The van der Waals surface area contributed by atoms with E-state index >= 15 is 0 Å². The first-order valence-corrected chi connectivity index (χ1v) is 11.4. The Kier molecular flexibility index (Phi) is 6.01. The molecule has 31 heavy (non-hydrogen) atoms. The Bertz CT molecular complexity index is 1360. The minimum absolute atomic E-state index is 0.107. The maximum absolute atomic E-state index is 13.4. The van der Waals surface area contributed by atoms with Crippen LogP contribution in [-0.2, 0) is 23.1 Å². The topological polar surface area (TPSA) is 74.1 Å². The zero-order chi connectivity index (χ0) is 21.8. The highest BCUT2D eigenvalue weighted by Crippen LogP contribution is 2.23. The molecule has 5 nitrogen and oxygen atoms in total. The molecule has 0 amide bonds. The van der Waals surface area contributed by atoms with E-state index in [9.17, 15) is 8.42 Å². The molecule has 0 aliphatic carbocycles. The average molecular weight is 448 g/mol. The van der Waals surface area contributed by atoms with Gasteiger partial charge in [-0.1, -0.05) is 48.0 Å². The van der Waals surface area contributed by atoms with Crippen LogP contribution in [0.2, 0.25) is 5.02 Å². The van der Waals surface area contributed by atoms with Gasteiger partial charge in [-0.15, -0.1) is 0 Å². The summed E-state index contributed by atoms with van der Waals surface area (Å²) >= 11 is 5.94. The van der Waals surface area contributed by atoms with Crippen molar-refractivity contribution in [3.63, 3.8) is 0 Å². The van der Waals surface area contributed by atoms with Crippen molar-refractivity contribution in [2.75, 3.05) is 0 Å². The summed E-state index contributed by atoms with van der Waals surface area (Å²) in [6.45, 7) is 0.251. The van der Waals surface area contributed by atoms with Gasteiger partial charge in [-0.25, -0.2) is 8.42 Å². The van der Waals surface area contributed by atoms with Crippen molar-refractivity contribution in [2.24, 2.45) is 0 Å². The molecule has 0 N–H and O–H groups in total. The molecule has 3 aromatic carbocycles. The molecule has 0 atom stereocenters. The second-order valence-corrected chi connectivity index (χ2v) is 9.43. The van der Waals surface area contributed by atoms with Crippen LogP contribution in [0.1, 0.15) is 16.8 Å². The Balaban J connectivity index is 1.71. The first-order valence-electron chi connectivity index (χ1n) is 9.54. The Morgan fingerprint density at radius 2 is 1.58 bits per heavy atom. The normalized spacial score (nSPS) is 11.5. The van der Waals surface area contributed by atoms with Crippen molar-refractivity contribution in [2.45, 2.75) is 18.0 Å². The van der Waals surface area contributed by atoms with Gasteiger partial charge in [0.2, 0.25) is 10.0 Å². The zero-order valence-electron chi connectivity index (χ0n) is 16.4. The van der Waals surface area contributed by atoms with Gasteiger partial charge in [-0.3, -0.25) is 4.98 Å². The molecule has 0 unspecified atom stereocenters. The number of nitriles is 1. The molecule has 0 saturated heterocycles. The fourth-order valence-electron chi connectivity index (χ4n) is 3.27. The van der Waals surface area contributed by atoms with Crippen molar-refractivity contribution < 1.29 is 8.42 Å². The predicted molar refractivity (Wildman–Crippen MR) is 121 cm³/mol. The minimum Gasteiger partial charge on any atom is -0.259 e. The number of fused-ring (bicyclic) bond motifs is 1. The van der Waals surface area contributed by atoms with Crippen LogP contribution in [0, 0.1) is 11.3 Å². The van der Waals surface area contributed by atoms with Gasteiger partial charge < -0.3 is 0 Å². The molecule has 0 radical (unpaired) electrons. The molecule has 0 aliphatic rings. The highest BCUT2D eigenvalue weighted by molar-refractivity contribution is 7.89. The molecule has 0 fully saturated rings. The van der Waals surface area contributed by atoms with Gasteiger partial charge in [0.1, 0.15) is 0 Å². The van der Waals surface area contributed by atoms with Crippen LogP contribution in [-0.4, -0.2) is 17.7 Å². The van der Waals surface area contributed by atoms with E-state index in [-0.39, 0.29) is 18.0 Å². The number of nitrogens with zero attached hydrogens (tertiary/aromatic N) is 3. The Morgan fingerprint density at radius 1 is 0.903 bits per heavy atom. The summed E-state index contributed by atoms with van der Waals surface area (Å²) in [6.07, 6.45) is 1.75. The van der Waals surface area contributed by atoms with Gasteiger partial charge in [0, 0.05) is 23.2 Å². The van der Waals surface area contributed by atoms with Crippen molar-refractivity contribution in [1.29, 1.82) is 5.26 Å². The van der Waals surface area contributed by atoms with Crippen LogP contribution in [0.25, 0.3) is 10.8 Å². The first-order chi connectivity index (χ1) is 15.0. The number of hydrogen-bond donors (Lipinski definition) is 0. The van der Waals surface area contributed by atoms with Crippen molar-refractivity contribution >= 4 is 32.4 Å². The number of sulfonamides is 1. The molecule has 1 aromatic heterocycles. The molecular weight excluding hydrogens is 430 g/mol. The smallest absolute Gasteiger partial charge is 0.243 e. The van der Waals surface area contributed by atoms with Gasteiger partial charge in [-0.05, 0) is 53.4 Å². The van der Waals surface area contributed by atoms with Crippen LogP contribution < -0.4 is 0 Å². The van der Waals surface area contributed by atoms with Gasteiger partial charge in [-0.2, -0.15) is 9.57 Å². The monoisotopic (exact) mass is 447 g/mol. The summed E-state index contributed by atoms with van der Waals surface area (Å²) in [6, 6.07) is 24.8. The fourth-order valence-corrected chi connectivity index (χ4v) is 4.79. The largest absolute Gasteiger partial charge is 0.259 e. The Labute approximate surface area is 186 Å². The third-order valence-electron chi connectivity index (χ3n) is 4.92. The Hall–Kier alpha value is -3.24. The summed E-state index contributed by atoms with van der Waals surface area (Å²) in [5.41, 5.74) is 1.94. The molecule has 154 valence electrons. The summed E-state index contributed by atoms with van der Waals surface area (Å²) in [7, 11) is -3.81. The van der Waals surface area contributed by atoms with E-state index in [1.54, 1.807) is 42.6 Å². The molecular formula is C24H18ClN3O2S. The maximum Gasteiger partial charge on any atom is 0.243 e. The van der Waals surface area contributed by atoms with Crippen LogP contribution in [0.15, 0.2) is 90.0 Å². The average Bonchev–Trinajstić information content (AvgIpc) is 2.79. The number of aromatic nitrogens is 1. The summed E-state index contributed by atoms with van der Waals surface area (Å²) in [5.74, 6) is 0. The lowest BCUT2D eigenvalue weighted by Crippen LogP contribution is -2.30. The number of halogens is 1. The lowest BCUT2D eigenvalue weighted by atomic mass is 10.1. The molecule has 1 heterocycles. The van der Waals surface area contributed by atoms with E-state index in [1.807, 2.05) is 30.3 Å². The molecule has 4 aromatic rings. The van der Waals surface area contributed by atoms with Gasteiger partial charge in [0.25, 0.3) is 0 Å². The van der Waals surface area contributed by atoms with E-state index in [0.717, 1.165) is 16.3 Å². The highest BCUT2D eigenvalue weighted by atomic mass is 35.5.